The monoisotopic (exact) mass is 638 g/mol. The first-order valence-corrected chi connectivity index (χ1v) is 19.4. The third-order valence-electron chi connectivity index (χ3n) is 8.42. The summed E-state index contributed by atoms with van der Waals surface area (Å²) in [5, 5.41) is 0. The summed E-state index contributed by atoms with van der Waals surface area (Å²) < 4.78 is 36.5. The van der Waals surface area contributed by atoms with Gasteiger partial charge in [-0.3, -0.25) is 0 Å². The van der Waals surface area contributed by atoms with Crippen molar-refractivity contribution in [2.45, 2.75) is 97.8 Å². The first-order valence-electron chi connectivity index (χ1n) is 14.9. The molecule has 0 bridgehead atoms. The van der Waals surface area contributed by atoms with Crippen molar-refractivity contribution in [2.75, 3.05) is 9.36 Å². The van der Waals surface area contributed by atoms with Gasteiger partial charge in [-0.1, -0.05) is 39.3 Å². The van der Waals surface area contributed by atoms with Crippen LogP contribution in [0.4, 0.5) is 8.78 Å². The Morgan fingerprint density at radius 3 is 2.13 bits per heavy atom. The van der Waals surface area contributed by atoms with Gasteiger partial charge in [0.1, 0.15) is 0 Å². The molecule has 3 rings (SSSR count). The van der Waals surface area contributed by atoms with Crippen LogP contribution in [-0.2, 0) is 0 Å². The van der Waals surface area contributed by atoms with Gasteiger partial charge in [0.2, 0.25) is 0 Å². The van der Waals surface area contributed by atoms with Crippen molar-refractivity contribution in [1.29, 1.82) is 0 Å². The van der Waals surface area contributed by atoms with Gasteiger partial charge in [-0.05, 0) is 24.2 Å². The molecule has 0 radical (unpaired) electrons. The Bertz CT molecular complexity index is 971. The summed E-state index contributed by atoms with van der Waals surface area (Å²) in [6.45, 7) is 9.13. The average Bonchev–Trinajstić information content (AvgIpc) is 2.93. The number of hydrogen-bond donors (Lipinski definition) is 0. The minimum atomic E-state index is -1.83. The molecule has 0 aromatic heterocycles. The fourth-order valence-electron chi connectivity index (χ4n) is 5.60. The van der Waals surface area contributed by atoms with Crippen molar-refractivity contribution in [2.24, 2.45) is 17.8 Å². The van der Waals surface area contributed by atoms with Crippen molar-refractivity contribution < 1.29 is 11.8 Å². The van der Waals surface area contributed by atoms with Gasteiger partial charge in [0.05, 0.1) is 0 Å². The van der Waals surface area contributed by atoms with E-state index in [4.69, 9.17) is 3.07 Å². The first kappa shape index (κ1) is 31.1. The van der Waals surface area contributed by atoms with E-state index < -0.39 is 31.9 Å². The molecule has 1 aliphatic rings. The maximum atomic E-state index is 14.9. The Morgan fingerprint density at radius 2 is 1.55 bits per heavy atom. The molecule has 2 aromatic rings. The van der Waals surface area contributed by atoms with Gasteiger partial charge in [-0.25, -0.2) is 0 Å². The second-order valence-electron chi connectivity index (χ2n) is 11.2. The van der Waals surface area contributed by atoms with Gasteiger partial charge in [-0.15, -0.1) is 0 Å². The minimum absolute atomic E-state index is 0.186. The average molecular weight is 639 g/mol. The van der Waals surface area contributed by atoms with Gasteiger partial charge >= 0.3 is 176 Å². The molecule has 0 spiro atoms. The molecule has 1 fully saturated rings. The van der Waals surface area contributed by atoms with Crippen molar-refractivity contribution >= 4 is 20.2 Å². The fourth-order valence-corrected chi connectivity index (χ4v) is 8.61. The molecule has 2 aromatic carbocycles. The topological polar surface area (TPSA) is 9.23 Å². The molecule has 0 heterocycles. The van der Waals surface area contributed by atoms with Crippen LogP contribution in [0, 0.1) is 29.4 Å². The van der Waals surface area contributed by atoms with Crippen LogP contribution in [0.2, 0.25) is 0 Å². The van der Waals surface area contributed by atoms with E-state index >= 15 is 0 Å². The normalized spacial score (nSPS) is 19.9. The third-order valence-corrected chi connectivity index (χ3v) is 11.9. The van der Waals surface area contributed by atoms with E-state index in [9.17, 15) is 8.78 Å². The Hall–Kier alpha value is -1.43. The molecule has 0 N–H and O–H groups in total. The van der Waals surface area contributed by atoms with E-state index in [1.165, 1.54) is 69.1 Å². The molecule has 0 aliphatic heterocycles. The van der Waals surface area contributed by atoms with Crippen LogP contribution in [0.1, 0.15) is 103 Å². The van der Waals surface area contributed by atoms with Crippen LogP contribution in [-0.4, -0.2) is 9.36 Å². The number of unbranched alkanes of at least 4 members (excludes halogenated alkanes) is 3. The predicted molar refractivity (Wildman–Crippen MR) is 168 cm³/mol. The Labute approximate surface area is 238 Å². The molecule has 212 valence electrons. The molecule has 0 amide bonds. The molecular weight excluding hydrogens is 589 g/mol. The summed E-state index contributed by atoms with van der Waals surface area (Å²) in [4.78, 5) is 2.04. The second kappa shape index (κ2) is 16.0. The molecule has 2 atom stereocenters. The van der Waals surface area contributed by atoms with Gasteiger partial charge in [-0.2, -0.15) is 0 Å². The van der Waals surface area contributed by atoms with E-state index in [2.05, 4.69) is 52.0 Å². The molecule has 1 saturated carbocycles. The van der Waals surface area contributed by atoms with Crippen LogP contribution >= 0.6 is 20.2 Å². The van der Waals surface area contributed by atoms with Crippen molar-refractivity contribution in [3.05, 3.63) is 65.7 Å². The van der Waals surface area contributed by atoms with E-state index in [1.54, 1.807) is 0 Å². The van der Waals surface area contributed by atoms with E-state index in [0.717, 1.165) is 28.8 Å². The number of benzene rings is 2. The van der Waals surface area contributed by atoms with E-state index in [-0.39, 0.29) is 5.75 Å². The first-order chi connectivity index (χ1) is 18.4. The van der Waals surface area contributed by atoms with Gasteiger partial charge in [0.25, 0.3) is 0 Å². The van der Waals surface area contributed by atoms with Gasteiger partial charge in [0.15, 0.2) is 0 Å². The van der Waals surface area contributed by atoms with Crippen LogP contribution in [0.3, 0.4) is 0 Å². The Morgan fingerprint density at radius 1 is 0.895 bits per heavy atom. The van der Waals surface area contributed by atoms with Crippen LogP contribution < -0.4 is 3.07 Å². The zero-order chi connectivity index (χ0) is 27.5. The summed E-state index contributed by atoms with van der Waals surface area (Å²) in [5.74, 6) is 1.34. The van der Waals surface area contributed by atoms with Gasteiger partial charge in [0, 0.05) is 0 Å². The zero-order valence-corrected chi connectivity index (χ0v) is 26.4. The number of alkyl halides is 2. The molecule has 1 nitrogen and oxygen atoms in total. The summed E-state index contributed by atoms with van der Waals surface area (Å²) in [6, 6.07) is 11.2. The molecule has 0 saturated heterocycles. The second-order valence-corrected chi connectivity index (χ2v) is 15.8. The Kier molecular flexibility index (Phi) is 13.1. The Balaban J connectivity index is 1.57. The van der Waals surface area contributed by atoms with E-state index in [1.807, 2.05) is 17.1 Å². The van der Waals surface area contributed by atoms with Crippen LogP contribution in [0.15, 0.2) is 48.6 Å². The summed E-state index contributed by atoms with van der Waals surface area (Å²) in [7, 11) is 0. The quantitative estimate of drug-likeness (QED) is 0.0866. The molecular formula is C34H49F2IO. The summed E-state index contributed by atoms with van der Waals surface area (Å²) in [6.07, 6.45) is 16.9. The fraction of sp³-hybridized carbons (Fsp3) is 0.588. The summed E-state index contributed by atoms with van der Waals surface area (Å²) in [5.41, 5.74) is 2.75. The molecule has 4 heteroatoms. The molecule has 38 heavy (non-hydrogen) atoms. The van der Waals surface area contributed by atoms with Crippen molar-refractivity contribution in [3.8, 4) is 16.9 Å². The molecule has 2 unspecified atom stereocenters. The maximum absolute atomic E-state index is 14.9. The standard InChI is InChI=1S/C34H49F2IO/c1-6-9-10-11-22-37(5)38-34-32(35)23-31(24-33(34)36)30-20-18-29(19-21-30)28-16-13-26(14-17-28)12-15-27(8-3)25(4)7-2/h12,15,18-21,23-28H,6-11,13-14,16-17,22H2,1-5H3/b15-12+. The number of allylic oxidation sites excluding steroid dienone is 2. The van der Waals surface area contributed by atoms with Crippen LogP contribution in [0.5, 0.6) is 5.75 Å². The van der Waals surface area contributed by atoms with Crippen molar-refractivity contribution in [1.82, 2.24) is 0 Å². The van der Waals surface area contributed by atoms with E-state index in [0.29, 0.717) is 23.3 Å². The number of halogens is 3. The SMILES string of the molecule is CCCCCCI(C)Oc1c(F)cc(-c2ccc(C3CCC(/C=C/C(CC)C(C)CC)CC3)cc2)cc1F. The predicted octanol–water partition coefficient (Wildman–Crippen LogP) is 11.5. The van der Waals surface area contributed by atoms with Crippen LogP contribution in [0.25, 0.3) is 11.1 Å². The zero-order valence-electron chi connectivity index (χ0n) is 24.2. The molecule has 1 aliphatic carbocycles. The van der Waals surface area contributed by atoms with Crippen molar-refractivity contribution in [3.63, 3.8) is 0 Å². The van der Waals surface area contributed by atoms with Gasteiger partial charge < -0.3 is 0 Å². The third kappa shape index (κ3) is 9.06. The summed E-state index contributed by atoms with van der Waals surface area (Å²) >= 11 is -1.83. The number of hydrogen-bond acceptors (Lipinski definition) is 1. The number of rotatable bonds is 14.